The maximum Gasteiger partial charge on any atom is 0.0830 e. The Morgan fingerprint density at radius 3 is 2.80 bits per heavy atom. The van der Waals surface area contributed by atoms with E-state index in [1.165, 1.54) is 0 Å². The lowest BCUT2D eigenvalue weighted by Gasteiger charge is -2.12. The molecule has 1 unspecified atom stereocenters. The second kappa shape index (κ2) is 5.61. The predicted molar refractivity (Wildman–Crippen MR) is 81.9 cm³/mol. The van der Waals surface area contributed by atoms with Crippen molar-refractivity contribution >= 4 is 22.5 Å². The molecular formula is C17H14ClNO. The van der Waals surface area contributed by atoms with E-state index in [0.29, 0.717) is 11.4 Å². The number of hydrogen-bond donors (Lipinski definition) is 1. The average Bonchev–Trinajstić information content (AvgIpc) is 2.47. The van der Waals surface area contributed by atoms with Crippen LogP contribution in [0.4, 0.5) is 0 Å². The Morgan fingerprint density at radius 1 is 1.05 bits per heavy atom. The van der Waals surface area contributed by atoms with Crippen molar-refractivity contribution in [3.63, 3.8) is 0 Å². The van der Waals surface area contributed by atoms with Crippen LogP contribution in [0.15, 0.2) is 60.8 Å². The summed E-state index contributed by atoms with van der Waals surface area (Å²) in [4.78, 5) is 4.28. The fourth-order valence-corrected chi connectivity index (χ4v) is 2.52. The highest BCUT2D eigenvalue weighted by atomic mass is 35.5. The molecule has 0 aliphatic rings. The maximum atomic E-state index is 10.4. The van der Waals surface area contributed by atoms with Crippen LogP contribution in [0.2, 0.25) is 5.02 Å². The second-order valence-corrected chi connectivity index (χ2v) is 5.24. The first kappa shape index (κ1) is 13.1. The molecule has 2 aromatic carbocycles. The van der Waals surface area contributed by atoms with Crippen LogP contribution in [0.5, 0.6) is 0 Å². The van der Waals surface area contributed by atoms with Gasteiger partial charge in [-0.2, -0.15) is 0 Å². The van der Waals surface area contributed by atoms with E-state index in [-0.39, 0.29) is 0 Å². The Hall–Kier alpha value is -1.90. The zero-order chi connectivity index (χ0) is 13.9. The molecule has 0 radical (unpaired) electrons. The molecule has 0 spiro atoms. The fraction of sp³-hybridized carbons (Fsp3) is 0.118. The first-order chi connectivity index (χ1) is 9.72. The summed E-state index contributed by atoms with van der Waals surface area (Å²) < 4.78 is 0. The number of aliphatic hydroxyl groups is 1. The van der Waals surface area contributed by atoms with E-state index in [1.54, 1.807) is 6.20 Å². The summed E-state index contributed by atoms with van der Waals surface area (Å²) in [5.41, 5.74) is 2.85. The Morgan fingerprint density at radius 2 is 1.95 bits per heavy atom. The Kier molecular flexibility index (Phi) is 3.68. The summed E-state index contributed by atoms with van der Waals surface area (Å²) in [6, 6.07) is 17.3. The van der Waals surface area contributed by atoms with E-state index in [2.05, 4.69) is 4.98 Å². The Labute approximate surface area is 122 Å². The zero-order valence-electron chi connectivity index (χ0n) is 10.8. The van der Waals surface area contributed by atoms with Gasteiger partial charge in [-0.3, -0.25) is 4.98 Å². The van der Waals surface area contributed by atoms with E-state index >= 15 is 0 Å². The first-order valence-electron chi connectivity index (χ1n) is 6.49. The summed E-state index contributed by atoms with van der Waals surface area (Å²) in [6.07, 6.45) is 1.77. The largest absolute Gasteiger partial charge is 0.388 e. The molecule has 0 aliphatic carbocycles. The normalized spacial score (nSPS) is 12.5. The number of rotatable bonds is 3. The summed E-state index contributed by atoms with van der Waals surface area (Å²) in [5, 5.41) is 12.1. The van der Waals surface area contributed by atoms with Gasteiger partial charge in [0, 0.05) is 23.0 Å². The topological polar surface area (TPSA) is 33.1 Å². The van der Waals surface area contributed by atoms with Gasteiger partial charge < -0.3 is 5.11 Å². The third kappa shape index (κ3) is 2.82. The molecule has 2 nitrogen and oxygen atoms in total. The molecule has 3 heteroatoms. The van der Waals surface area contributed by atoms with Crippen molar-refractivity contribution in [2.24, 2.45) is 0 Å². The van der Waals surface area contributed by atoms with E-state index in [9.17, 15) is 5.11 Å². The molecule has 3 aromatic rings. The van der Waals surface area contributed by atoms with Gasteiger partial charge in [0.1, 0.15) is 0 Å². The molecule has 1 aromatic heterocycles. The zero-order valence-corrected chi connectivity index (χ0v) is 11.6. The van der Waals surface area contributed by atoms with E-state index in [0.717, 1.165) is 22.0 Å². The molecule has 0 fully saturated rings. The molecule has 0 saturated heterocycles. The number of halogens is 1. The summed E-state index contributed by atoms with van der Waals surface area (Å²) >= 11 is 5.96. The molecule has 0 amide bonds. The van der Waals surface area contributed by atoms with E-state index in [4.69, 9.17) is 11.6 Å². The van der Waals surface area contributed by atoms with Crippen molar-refractivity contribution in [1.29, 1.82) is 0 Å². The van der Waals surface area contributed by atoms with Gasteiger partial charge in [0.15, 0.2) is 0 Å². The van der Waals surface area contributed by atoms with Crippen LogP contribution in [0, 0.1) is 0 Å². The number of nitrogens with zero attached hydrogens (tertiary/aromatic N) is 1. The van der Waals surface area contributed by atoms with E-state index < -0.39 is 6.10 Å². The van der Waals surface area contributed by atoms with Crippen molar-refractivity contribution in [3.05, 3.63) is 76.9 Å². The number of aliphatic hydroxyl groups excluding tert-OH is 1. The fourth-order valence-electron chi connectivity index (χ4n) is 2.31. The third-order valence-electron chi connectivity index (χ3n) is 3.33. The van der Waals surface area contributed by atoms with Crippen LogP contribution in [0.1, 0.15) is 17.2 Å². The van der Waals surface area contributed by atoms with Crippen molar-refractivity contribution in [3.8, 4) is 0 Å². The second-order valence-electron chi connectivity index (χ2n) is 4.81. The highest BCUT2D eigenvalue weighted by Crippen LogP contribution is 2.23. The van der Waals surface area contributed by atoms with Crippen molar-refractivity contribution in [2.75, 3.05) is 0 Å². The SMILES string of the molecule is OC(Cc1cccc(Cl)c1)c1ccc2ncccc2c1. The molecule has 1 atom stereocenters. The summed E-state index contributed by atoms with van der Waals surface area (Å²) in [5.74, 6) is 0. The van der Waals surface area contributed by atoms with Gasteiger partial charge >= 0.3 is 0 Å². The average molecular weight is 284 g/mol. The molecule has 1 N–H and O–H groups in total. The number of benzene rings is 2. The predicted octanol–water partition coefficient (Wildman–Crippen LogP) is 4.16. The van der Waals surface area contributed by atoms with Crippen LogP contribution in [0.25, 0.3) is 10.9 Å². The molecular weight excluding hydrogens is 270 g/mol. The minimum Gasteiger partial charge on any atom is -0.388 e. The molecule has 0 bridgehead atoms. The minimum atomic E-state index is -0.543. The lowest BCUT2D eigenvalue weighted by atomic mass is 10.00. The monoisotopic (exact) mass is 283 g/mol. The van der Waals surface area contributed by atoms with Crippen LogP contribution < -0.4 is 0 Å². The molecule has 0 aliphatic heterocycles. The lowest BCUT2D eigenvalue weighted by molar-refractivity contribution is 0.178. The summed E-state index contributed by atoms with van der Waals surface area (Å²) in [7, 11) is 0. The van der Waals surface area contributed by atoms with Crippen LogP contribution in [0.3, 0.4) is 0 Å². The third-order valence-corrected chi connectivity index (χ3v) is 3.57. The van der Waals surface area contributed by atoms with Crippen LogP contribution >= 0.6 is 11.6 Å². The van der Waals surface area contributed by atoms with Gasteiger partial charge in [0.05, 0.1) is 11.6 Å². The van der Waals surface area contributed by atoms with Crippen LogP contribution in [-0.2, 0) is 6.42 Å². The van der Waals surface area contributed by atoms with Gasteiger partial charge in [-0.25, -0.2) is 0 Å². The number of pyridine rings is 1. The molecule has 20 heavy (non-hydrogen) atoms. The number of aromatic nitrogens is 1. The van der Waals surface area contributed by atoms with Gasteiger partial charge in [-0.15, -0.1) is 0 Å². The molecule has 100 valence electrons. The van der Waals surface area contributed by atoms with E-state index in [1.807, 2.05) is 54.6 Å². The minimum absolute atomic E-state index is 0.543. The highest BCUT2D eigenvalue weighted by Gasteiger charge is 2.09. The highest BCUT2D eigenvalue weighted by molar-refractivity contribution is 6.30. The van der Waals surface area contributed by atoms with Crippen molar-refractivity contribution in [2.45, 2.75) is 12.5 Å². The molecule has 0 saturated carbocycles. The lowest BCUT2D eigenvalue weighted by Crippen LogP contribution is -2.01. The van der Waals surface area contributed by atoms with Gasteiger partial charge in [-0.1, -0.05) is 35.9 Å². The molecule has 3 rings (SSSR count). The molecule has 1 heterocycles. The smallest absolute Gasteiger partial charge is 0.0830 e. The number of fused-ring (bicyclic) bond motifs is 1. The summed E-state index contributed by atoms with van der Waals surface area (Å²) in [6.45, 7) is 0. The standard InChI is InChI=1S/C17H14ClNO/c18-15-5-1-3-12(9-15)10-17(20)14-6-7-16-13(11-14)4-2-8-19-16/h1-9,11,17,20H,10H2. The van der Waals surface area contributed by atoms with Gasteiger partial charge in [0.25, 0.3) is 0 Å². The van der Waals surface area contributed by atoms with Crippen LogP contribution in [-0.4, -0.2) is 10.1 Å². The Bertz CT molecular complexity index is 742. The number of hydrogen-bond acceptors (Lipinski definition) is 2. The van der Waals surface area contributed by atoms with Gasteiger partial charge in [0.2, 0.25) is 0 Å². The quantitative estimate of drug-likeness (QED) is 0.783. The maximum absolute atomic E-state index is 10.4. The van der Waals surface area contributed by atoms with Gasteiger partial charge in [-0.05, 0) is 41.5 Å². The van der Waals surface area contributed by atoms with Crippen molar-refractivity contribution < 1.29 is 5.11 Å². The van der Waals surface area contributed by atoms with Crippen molar-refractivity contribution in [1.82, 2.24) is 4.98 Å². The first-order valence-corrected chi connectivity index (χ1v) is 6.87. The Balaban J connectivity index is 1.86.